The quantitative estimate of drug-likeness (QED) is 0.779. The van der Waals surface area contributed by atoms with Crippen LogP contribution in [0.2, 0.25) is 0 Å². The van der Waals surface area contributed by atoms with Gasteiger partial charge >= 0.3 is 5.97 Å². The minimum atomic E-state index is -0.359. The molecule has 2 aromatic heterocycles. The summed E-state index contributed by atoms with van der Waals surface area (Å²) in [5.74, 6) is -0.359. The van der Waals surface area contributed by atoms with Crippen molar-refractivity contribution >= 4 is 11.6 Å². The lowest BCUT2D eigenvalue weighted by Crippen LogP contribution is -2.12. The van der Waals surface area contributed by atoms with E-state index in [1.807, 2.05) is 6.07 Å². The topological polar surface area (TPSA) is 56.5 Å². The maximum atomic E-state index is 11.8. The third kappa shape index (κ3) is 2.59. The Morgan fingerprint density at radius 3 is 2.68 bits per heavy atom. The van der Waals surface area contributed by atoms with Gasteiger partial charge in [-0.3, -0.25) is 0 Å². The Morgan fingerprint density at radius 1 is 1.42 bits per heavy atom. The normalized spacial score (nSPS) is 11.8. The number of aryl methyl sites for hydroxylation is 1. The average molecular weight is 261 g/mol. The number of nitrogens with zero attached hydrogens (tertiary/aromatic N) is 3. The van der Waals surface area contributed by atoms with Crippen molar-refractivity contribution in [2.24, 2.45) is 0 Å². The second-order valence-electron chi connectivity index (χ2n) is 5.54. The second kappa shape index (κ2) is 4.64. The molecule has 0 aromatic carbocycles. The minimum absolute atomic E-state index is 0.0499. The lowest BCUT2D eigenvalue weighted by molar-refractivity contribution is 0.0524. The molecule has 0 radical (unpaired) electrons. The first-order chi connectivity index (χ1) is 8.82. The summed E-state index contributed by atoms with van der Waals surface area (Å²) >= 11 is 0. The summed E-state index contributed by atoms with van der Waals surface area (Å²) in [5.41, 5.74) is 2.76. The van der Waals surface area contributed by atoms with Crippen LogP contribution >= 0.6 is 0 Å². The lowest BCUT2D eigenvalue weighted by atomic mass is 9.93. The van der Waals surface area contributed by atoms with Crippen LogP contribution < -0.4 is 0 Å². The Labute approximate surface area is 112 Å². The number of carbonyl (C=O) groups is 1. The number of hydrogen-bond donors (Lipinski definition) is 0. The van der Waals surface area contributed by atoms with Gasteiger partial charge in [0.1, 0.15) is 0 Å². The molecule has 2 aromatic rings. The summed E-state index contributed by atoms with van der Waals surface area (Å²) in [6.45, 7) is 10.2. The van der Waals surface area contributed by atoms with Crippen molar-refractivity contribution in [1.29, 1.82) is 0 Å². The molecule has 0 atom stereocenters. The van der Waals surface area contributed by atoms with Crippen molar-refractivity contribution in [3.63, 3.8) is 0 Å². The van der Waals surface area contributed by atoms with Crippen molar-refractivity contribution in [3.8, 4) is 0 Å². The van der Waals surface area contributed by atoms with E-state index >= 15 is 0 Å². The van der Waals surface area contributed by atoms with Crippen LogP contribution in [0.25, 0.3) is 5.65 Å². The highest BCUT2D eigenvalue weighted by atomic mass is 16.5. The number of carbonyl (C=O) groups excluding carboxylic acids is 1. The van der Waals surface area contributed by atoms with E-state index in [4.69, 9.17) is 4.74 Å². The number of fused-ring (bicyclic) bond motifs is 1. The summed E-state index contributed by atoms with van der Waals surface area (Å²) in [4.78, 5) is 16.2. The van der Waals surface area contributed by atoms with Crippen LogP contribution in [0, 0.1) is 6.92 Å². The van der Waals surface area contributed by atoms with Crippen LogP contribution in [0.1, 0.15) is 49.4 Å². The molecule has 2 rings (SSSR count). The minimum Gasteiger partial charge on any atom is -0.462 e. The van der Waals surface area contributed by atoms with E-state index in [1.54, 1.807) is 24.6 Å². The standard InChI is InChI=1S/C14H19N3O2/c1-6-19-13(18)10-8-17-12(15-9(10)2)7-11(16-17)14(3,4)5/h7-8H,6H2,1-5H3. The Kier molecular flexibility index (Phi) is 3.30. The highest BCUT2D eigenvalue weighted by Crippen LogP contribution is 2.22. The molecular weight excluding hydrogens is 242 g/mol. The maximum absolute atomic E-state index is 11.8. The predicted octanol–water partition coefficient (Wildman–Crippen LogP) is 2.51. The first kappa shape index (κ1) is 13.5. The van der Waals surface area contributed by atoms with Gasteiger partial charge in [0, 0.05) is 17.7 Å². The third-order valence-corrected chi connectivity index (χ3v) is 2.90. The number of aromatic nitrogens is 3. The van der Waals surface area contributed by atoms with E-state index in [2.05, 4.69) is 30.9 Å². The molecule has 0 N–H and O–H groups in total. The van der Waals surface area contributed by atoms with E-state index in [0.717, 1.165) is 11.3 Å². The molecule has 0 amide bonds. The molecule has 0 fully saturated rings. The Hall–Kier alpha value is -1.91. The van der Waals surface area contributed by atoms with Crippen LogP contribution in [-0.2, 0) is 10.2 Å². The van der Waals surface area contributed by atoms with Gasteiger partial charge < -0.3 is 4.74 Å². The van der Waals surface area contributed by atoms with E-state index in [1.165, 1.54) is 0 Å². The number of hydrogen-bond acceptors (Lipinski definition) is 4. The molecule has 5 nitrogen and oxygen atoms in total. The van der Waals surface area contributed by atoms with Crippen LogP contribution in [0.5, 0.6) is 0 Å². The van der Waals surface area contributed by atoms with Crippen LogP contribution in [0.3, 0.4) is 0 Å². The first-order valence-corrected chi connectivity index (χ1v) is 6.37. The number of ether oxygens (including phenoxy) is 1. The molecule has 2 heterocycles. The van der Waals surface area contributed by atoms with Crippen molar-refractivity contribution in [3.05, 3.63) is 29.2 Å². The zero-order valence-electron chi connectivity index (χ0n) is 12.0. The molecular formula is C14H19N3O2. The highest BCUT2D eigenvalue weighted by Gasteiger charge is 2.20. The van der Waals surface area contributed by atoms with Crippen molar-refractivity contribution < 1.29 is 9.53 Å². The van der Waals surface area contributed by atoms with Gasteiger partial charge in [-0.05, 0) is 13.8 Å². The van der Waals surface area contributed by atoms with Gasteiger partial charge in [-0.15, -0.1) is 0 Å². The van der Waals surface area contributed by atoms with E-state index in [9.17, 15) is 4.79 Å². The maximum Gasteiger partial charge on any atom is 0.341 e. The molecule has 19 heavy (non-hydrogen) atoms. The fourth-order valence-corrected chi connectivity index (χ4v) is 1.79. The Morgan fingerprint density at radius 2 is 2.11 bits per heavy atom. The average Bonchev–Trinajstić information content (AvgIpc) is 2.70. The zero-order chi connectivity index (χ0) is 14.2. The van der Waals surface area contributed by atoms with E-state index < -0.39 is 0 Å². The van der Waals surface area contributed by atoms with Gasteiger partial charge in [-0.25, -0.2) is 14.3 Å². The van der Waals surface area contributed by atoms with Gasteiger partial charge in [0.05, 0.1) is 23.6 Å². The largest absolute Gasteiger partial charge is 0.462 e. The smallest absolute Gasteiger partial charge is 0.341 e. The molecule has 102 valence electrons. The number of rotatable bonds is 2. The highest BCUT2D eigenvalue weighted by molar-refractivity contribution is 5.90. The monoisotopic (exact) mass is 261 g/mol. The Balaban J connectivity index is 2.53. The summed E-state index contributed by atoms with van der Waals surface area (Å²) in [7, 11) is 0. The number of esters is 1. The molecule has 5 heteroatoms. The molecule has 0 aliphatic heterocycles. The zero-order valence-corrected chi connectivity index (χ0v) is 12.0. The van der Waals surface area contributed by atoms with Gasteiger partial charge in [-0.2, -0.15) is 5.10 Å². The molecule has 0 bridgehead atoms. The SMILES string of the molecule is CCOC(=O)c1cn2nc(C(C)(C)C)cc2nc1C. The van der Waals surface area contributed by atoms with Gasteiger partial charge in [0.2, 0.25) is 0 Å². The summed E-state index contributed by atoms with van der Waals surface area (Å²) in [6.07, 6.45) is 1.69. The van der Waals surface area contributed by atoms with Gasteiger partial charge in [-0.1, -0.05) is 20.8 Å². The van der Waals surface area contributed by atoms with Crippen LogP contribution in [-0.4, -0.2) is 27.2 Å². The van der Waals surface area contributed by atoms with Crippen LogP contribution in [0.4, 0.5) is 0 Å². The van der Waals surface area contributed by atoms with Gasteiger partial charge in [0.25, 0.3) is 0 Å². The summed E-state index contributed by atoms with van der Waals surface area (Å²) in [5, 5.41) is 4.47. The van der Waals surface area contributed by atoms with Crippen molar-refractivity contribution in [1.82, 2.24) is 14.6 Å². The molecule has 0 aliphatic rings. The molecule has 0 aliphatic carbocycles. The molecule has 0 saturated carbocycles. The third-order valence-electron chi connectivity index (χ3n) is 2.90. The summed E-state index contributed by atoms with van der Waals surface area (Å²) in [6, 6.07) is 1.95. The summed E-state index contributed by atoms with van der Waals surface area (Å²) < 4.78 is 6.65. The molecule has 0 saturated heterocycles. The van der Waals surface area contributed by atoms with Crippen molar-refractivity contribution in [2.75, 3.05) is 6.61 Å². The van der Waals surface area contributed by atoms with E-state index in [-0.39, 0.29) is 11.4 Å². The first-order valence-electron chi connectivity index (χ1n) is 6.37. The fraction of sp³-hybridized carbons (Fsp3) is 0.500. The van der Waals surface area contributed by atoms with Gasteiger partial charge in [0.15, 0.2) is 5.65 Å². The fourth-order valence-electron chi connectivity index (χ4n) is 1.79. The second-order valence-corrected chi connectivity index (χ2v) is 5.54. The lowest BCUT2D eigenvalue weighted by Gasteiger charge is -2.13. The molecule has 0 spiro atoms. The van der Waals surface area contributed by atoms with E-state index in [0.29, 0.717) is 17.9 Å². The Bertz CT molecular complexity index is 623. The van der Waals surface area contributed by atoms with Crippen LogP contribution in [0.15, 0.2) is 12.3 Å². The van der Waals surface area contributed by atoms with Crippen molar-refractivity contribution in [2.45, 2.75) is 40.0 Å². The predicted molar refractivity (Wildman–Crippen MR) is 72.4 cm³/mol. The molecule has 0 unspecified atom stereocenters.